The van der Waals surface area contributed by atoms with Crippen molar-refractivity contribution in [2.24, 2.45) is 12.2 Å². The molecule has 1 heterocycles. The van der Waals surface area contributed by atoms with Crippen LogP contribution in [0.2, 0.25) is 0 Å². The molecule has 8 heteroatoms. The monoisotopic (exact) mass is 261 g/mol. The third-order valence-corrected chi connectivity index (χ3v) is 3.43. The number of carboxylic acids is 1. The Bertz CT molecular complexity index is 533. The van der Waals surface area contributed by atoms with E-state index in [-0.39, 0.29) is 11.4 Å². The van der Waals surface area contributed by atoms with Crippen molar-refractivity contribution in [2.75, 3.05) is 0 Å². The fourth-order valence-electron chi connectivity index (χ4n) is 1.74. The summed E-state index contributed by atoms with van der Waals surface area (Å²) < 4.78 is 24.0. The van der Waals surface area contributed by atoms with E-state index in [0.717, 1.165) is 0 Å². The second kappa shape index (κ2) is 4.84. The first-order valence-corrected chi connectivity index (χ1v) is 6.55. The summed E-state index contributed by atoms with van der Waals surface area (Å²) >= 11 is 0. The topological polar surface area (TPSA) is 115 Å². The fraction of sp³-hybridized carbons (Fsp3) is 0.556. The van der Waals surface area contributed by atoms with E-state index in [4.69, 9.17) is 10.2 Å². The second-order valence-electron chi connectivity index (χ2n) is 3.79. The van der Waals surface area contributed by atoms with E-state index in [1.807, 2.05) is 0 Å². The zero-order valence-electron chi connectivity index (χ0n) is 9.67. The third-order valence-electron chi connectivity index (χ3n) is 2.38. The molecule has 7 nitrogen and oxygen atoms in total. The van der Waals surface area contributed by atoms with E-state index in [9.17, 15) is 13.2 Å². The molecule has 1 rings (SSSR count). The van der Waals surface area contributed by atoms with Crippen LogP contribution in [0.4, 0.5) is 0 Å². The molecule has 96 valence electrons. The van der Waals surface area contributed by atoms with E-state index in [2.05, 4.69) is 5.10 Å². The molecule has 0 amide bonds. The van der Waals surface area contributed by atoms with Crippen LogP contribution in [0.1, 0.15) is 24.1 Å². The molecule has 0 fully saturated rings. The predicted molar refractivity (Wildman–Crippen MR) is 59.9 cm³/mol. The summed E-state index contributed by atoms with van der Waals surface area (Å²) in [5.74, 6) is -0.913. The SMILES string of the molecule is Cc1nn(C)c(S(N)(=O)=O)c1CCCC(=O)O. The lowest BCUT2D eigenvalue weighted by Crippen LogP contribution is -2.18. The highest BCUT2D eigenvalue weighted by Gasteiger charge is 2.22. The minimum atomic E-state index is -3.84. The number of aliphatic carboxylic acids is 1. The number of hydrogen-bond acceptors (Lipinski definition) is 4. The number of carboxylic acid groups (broad SMARTS) is 1. The molecule has 1 aromatic heterocycles. The Morgan fingerprint density at radius 2 is 2.12 bits per heavy atom. The first kappa shape index (κ1) is 13.7. The van der Waals surface area contributed by atoms with Gasteiger partial charge in [-0.2, -0.15) is 5.10 Å². The summed E-state index contributed by atoms with van der Waals surface area (Å²) in [5, 5.41) is 17.6. The lowest BCUT2D eigenvalue weighted by molar-refractivity contribution is -0.137. The lowest BCUT2D eigenvalue weighted by atomic mass is 10.1. The van der Waals surface area contributed by atoms with Gasteiger partial charge in [0.2, 0.25) is 0 Å². The largest absolute Gasteiger partial charge is 0.481 e. The molecule has 0 atom stereocenters. The highest BCUT2D eigenvalue weighted by Crippen LogP contribution is 2.19. The van der Waals surface area contributed by atoms with E-state index >= 15 is 0 Å². The molecular weight excluding hydrogens is 246 g/mol. The summed E-state index contributed by atoms with van der Waals surface area (Å²) in [6.45, 7) is 1.67. The third kappa shape index (κ3) is 3.27. The summed E-state index contributed by atoms with van der Waals surface area (Å²) in [5.41, 5.74) is 1.05. The van der Waals surface area contributed by atoms with Crippen molar-refractivity contribution in [3.8, 4) is 0 Å². The van der Waals surface area contributed by atoms with Crippen molar-refractivity contribution in [1.29, 1.82) is 0 Å². The molecule has 0 saturated heterocycles. The van der Waals surface area contributed by atoms with Crippen LogP contribution in [-0.4, -0.2) is 29.3 Å². The number of rotatable bonds is 5. The Morgan fingerprint density at radius 3 is 2.59 bits per heavy atom. The first-order valence-electron chi connectivity index (χ1n) is 5.00. The summed E-state index contributed by atoms with van der Waals surface area (Å²) in [6, 6.07) is 0. The van der Waals surface area contributed by atoms with Crippen molar-refractivity contribution in [3.05, 3.63) is 11.3 Å². The Balaban J connectivity index is 3.03. The summed E-state index contributed by atoms with van der Waals surface area (Å²) in [4.78, 5) is 10.4. The van der Waals surface area contributed by atoms with Crippen molar-refractivity contribution < 1.29 is 18.3 Å². The molecule has 0 radical (unpaired) electrons. The van der Waals surface area contributed by atoms with E-state index in [1.165, 1.54) is 11.7 Å². The van der Waals surface area contributed by atoms with E-state index in [0.29, 0.717) is 24.1 Å². The smallest absolute Gasteiger partial charge is 0.303 e. The number of nitrogens with zero attached hydrogens (tertiary/aromatic N) is 2. The molecule has 17 heavy (non-hydrogen) atoms. The van der Waals surface area contributed by atoms with Crippen LogP contribution in [0, 0.1) is 6.92 Å². The normalized spacial score (nSPS) is 11.7. The number of nitrogens with two attached hydrogens (primary N) is 1. The number of primary sulfonamides is 1. The Morgan fingerprint density at radius 1 is 1.53 bits per heavy atom. The highest BCUT2D eigenvalue weighted by molar-refractivity contribution is 7.89. The van der Waals surface area contributed by atoms with Crippen LogP contribution in [0.15, 0.2) is 5.03 Å². The van der Waals surface area contributed by atoms with E-state index in [1.54, 1.807) is 6.92 Å². The van der Waals surface area contributed by atoms with Crippen LogP contribution < -0.4 is 5.14 Å². The number of sulfonamides is 1. The van der Waals surface area contributed by atoms with Crippen molar-refractivity contribution in [1.82, 2.24) is 9.78 Å². The fourth-order valence-corrected chi connectivity index (χ4v) is 2.74. The van der Waals surface area contributed by atoms with Gasteiger partial charge in [-0.3, -0.25) is 9.48 Å². The summed E-state index contributed by atoms with van der Waals surface area (Å²) in [7, 11) is -2.35. The molecule has 3 N–H and O–H groups in total. The molecule has 0 aliphatic rings. The molecule has 0 bridgehead atoms. The first-order chi connectivity index (χ1) is 7.73. The molecule has 1 aromatic rings. The van der Waals surface area contributed by atoms with Gasteiger partial charge in [0.1, 0.15) is 0 Å². The van der Waals surface area contributed by atoms with Crippen LogP contribution in [0.3, 0.4) is 0 Å². The maximum absolute atomic E-state index is 11.4. The minimum Gasteiger partial charge on any atom is -0.481 e. The van der Waals surface area contributed by atoms with Gasteiger partial charge in [-0.25, -0.2) is 13.6 Å². The van der Waals surface area contributed by atoms with Crippen LogP contribution >= 0.6 is 0 Å². The molecule has 0 unspecified atom stereocenters. The average Bonchev–Trinajstić information content (AvgIpc) is 2.39. The van der Waals surface area contributed by atoms with Gasteiger partial charge in [-0.05, 0) is 19.8 Å². The molecule has 0 aromatic carbocycles. The number of hydrogen-bond donors (Lipinski definition) is 2. The lowest BCUT2D eigenvalue weighted by Gasteiger charge is -2.03. The zero-order valence-corrected chi connectivity index (χ0v) is 10.5. The van der Waals surface area contributed by atoms with Crippen LogP contribution in [-0.2, 0) is 28.3 Å². The number of carbonyl (C=O) groups is 1. The molecule has 0 saturated carbocycles. The maximum atomic E-state index is 11.4. The Labute approximate surface area is 99.3 Å². The number of aryl methyl sites for hydroxylation is 2. The average molecular weight is 261 g/mol. The standard InChI is InChI=1S/C9H15N3O4S/c1-6-7(4-3-5-8(13)14)9(12(2)11-6)17(10,15)16/h3-5H2,1-2H3,(H,13,14)(H2,10,15,16). The van der Waals surface area contributed by atoms with E-state index < -0.39 is 16.0 Å². The predicted octanol–water partition coefficient (Wildman–Crippen LogP) is -0.217. The van der Waals surface area contributed by atoms with Gasteiger partial charge in [0.05, 0.1) is 5.69 Å². The zero-order chi connectivity index (χ0) is 13.2. The van der Waals surface area contributed by atoms with Crippen LogP contribution in [0.25, 0.3) is 0 Å². The van der Waals surface area contributed by atoms with Gasteiger partial charge in [-0.15, -0.1) is 0 Å². The minimum absolute atomic E-state index is 0.0155. The van der Waals surface area contributed by atoms with Crippen molar-refractivity contribution in [2.45, 2.75) is 31.2 Å². The second-order valence-corrected chi connectivity index (χ2v) is 5.26. The molecule has 0 spiro atoms. The van der Waals surface area contributed by atoms with Gasteiger partial charge in [0.15, 0.2) is 5.03 Å². The van der Waals surface area contributed by atoms with Gasteiger partial charge in [-0.1, -0.05) is 0 Å². The Hall–Kier alpha value is -1.41. The maximum Gasteiger partial charge on any atom is 0.303 e. The van der Waals surface area contributed by atoms with Gasteiger partial charge >= 0.3 is 5.97 Å². The van der Waals surface area contributed by atoms with Crippen LogP contribution in [0.5, 0.6) is 0 Å². The van der Waals surface area contributed by atoms with Crippen molar-refractivity contribution in [3.63, 3.8) is 0 Å². The quantitative estimate of drug-likeness (QED) is 0.760. The summed E-state index contributed by atoms with van der Waals surface area (Å²) in [6.07, 6.45) is 0.667. The Kier molecular flexibility index (Phi) is 3.89. The highest BCUT2D eigenvalue weighted by atomic mass is 32.2. The molecular formula is C9H15N3O4S. The van der Waals surface area contributed by atoms with Crippen molar-refractivity contribution >= 4 is 16.0 Å². The van der Waals surface area contributed by atoms with Gasteiger partial charge < -0.3 is 5.11 Å². The van der Waals surface area contributed by atoms with Gasteiger partial charge in [0.25, 0.3) is 10.0 Å². The molecule has 0 aliphatic carbocycles. The molecule has 0 aliphatic heterocycles. The number of aromatic nitrogens is 2. The van der Waals surface area contributed by atoms with Gasteiger partial charge in [0, 0.05) is 19.0 Å².